The summed E-state index contributed by atoms with van der Waals surface area (Å²) < 4.78 is 0. The van der Waals surface area contributed by atoms with Crippen molar-refractivity contribution in [1.82, 2.24) is 0 Å². The molecule has 0 aromatic rings. The van der Waals surface area contributed by atoms with Crippen molar-refractivity contribution in [3.63, 3.8) is 0 Å². The Bertz CT molecular complexity index is 41.4. The smallest absolute Gasteiger partial charge is 0.0210 e. The Hall–Kier alpha value is 0.0900. The standard InChI is InChI=1S/C6H11S/c1-2-3-4-5-6-7/h6H,1-5H2. The van der Waals surface area contributed by atoms with Gasteiger partial charge < -0.3 is 0 Å². The molecule has 0 aliphatic rings. The molecule has 0 heterocycles. The largest absolute Gasteiger partial charge is 0.0935 e. The van der Waals surface area contributed by atoms with Crippen molar-refractivity contribution in [2.45, 2.75) is 25.7 Å². The van der Waals surface area contributed by atoms with Crippen LogP contribution >= 0.6 is 12.2 Å². The van der Waals surface area contributed by atoms with Gasteiger partial charge in [-0.05, 0) is 18.2 Å². The Labute approximate surface area is 50.9 Å². The normalized spacial score (nSPS) is 8.71. The van der Waals surface area contributed by atoms with Gasteiger partial charge in [0, 0.05) is 0 Å². The summed E-state index contributed by atoms with van der Waals surface area (Å²) >= 11 is 4.62. The van der Waals surface area contributed by atoms with Gasteiger partial charge in [-0.15, -0.1) is 0 Å². The van der Waals surface area contributed by atoms with E-state index < -0.39 is 0 Å². The highest BCUT2D eigenvalue weighted by atomic mass is 32.1. The van der Waals surface area contributed by atoms with Crippen molar-refractivity contribution in [2.75, 3.05) is 0 Å². The Morgan fingerprint density at radius 3 is 2.57 bits per heavy atom. The lowest BCUT2D eigenvalue weighted by Gasteiger charge is -1.86. The molecule has 0 unspecified atom stereocenters. The first-order valence-corrected chi connectivity index (χ1v) is 3.12. The van der Waals surface area contributed by atoms with E-state index in [2.05, 4.69) is 19.1 Å². The van der Waals surface area contributed by atoms with Crippen molar-refractivity contribution in [3.8, 4) is 0 Å². The zero-order valence-electron chi connectivity index (χ0n) is 4.52. The molecular weight excluding hydrogens is 104 g/mol. The van der Waals surface area contributed by atoms with E-state index in [0.717, 1.165) is 12.8 Å². The van der Waals surface area contributed by atoms with Gasteiger partial charge in [0.15, 0.2) is 0 Å². The van der Waals surface area contributed by atoms with Crippen molar-refractivity contribution in [1.29, 1.82) is 0 Å². The molecule has 0 spiro atoms. The van der Waals surface area contributed by atoms with E-state index in [4.69, 9.17) is 0 Å². The summed E-state index contributed by atoms with van der Waals surface area (Å²) in [4.78, 5) is 0. The van der Waals surface area contributed by atoms with Gasteiger partial charge in [-0.1, -0.05) is 32.0 Å². The van der Waals surface area contributed by atoms with Crippen LogP contribution in [0.25, 0.3) is 0 Å². The lowest BCUT2D eigenvalue weighted by molar-refractivity contribution is 0.784. The average molecular weight is 115 g/mol. The van der Waals surface area contributed by atoms with Crippen LogP contribution in [0.2, 0.25) is 0 Å². The Balaban J connectivity index is 2.56. The van der Waals surface area contributed by atoms with Crippen LogP contribution in [0.3, 0.4) is 0 Å². The van der Waals surface area contributed by atoms with E-state index in [1.54, 1.807) is 5.37 Å². The summed E-state index contributed by atoms with van der Waals surface area (Å²) in [6, 6.07) is 0. The van der Waals surface area contributed by atoms with Gasteiger partial charge in [0.2, 0.25) is 0 Å². The van der Waals surface area contributed by atoms with Crippen LogP contribution in [0.4, 0.5) is 0 Å². The molecule has 0 rings (SSSR count). The van der Waals surface area contributed by atoms with E-state index in [-0.39, 0.29) is 0 Å². The molecule has 0 atom stereocenters. The van der Waals surface area contributed by atoms with Crippen LogP contribution in [0.15, 0.2) is 0 Å². The van der Waals surface area contributed by atoms with Crippen LogP contribution in [-0.2, 0) is 0 Å². The highest BCUT2D eigenvalue weighted by Gasteiger charge is 1.78. The second kappa shape index (κ2) is 6.09. The molecule has 0 saturated heterocycles. The summed E-state index contributed by atoms with van der Waals surface area (Å²) in [5.74, 6) is 0. The molecule has 0 amide bonds. The van der Waals surface area contributed by atoms with E-state index in [0.29, 0.717) is 0 Å². The third kappa shape index (κ3) is 6.09. The summed E-state index contributed by atoms with van der Waals surface area (Å²) in [5.41, 5.74) is 0. The molecule has 0 N–H and O–H groups in total. The molecular formula is C6H11S. The maximum absolute atomic E-state index is 4.62. The van der Waals surface area contributed by atoms with Crippen LogP contribution in [0, 0.1) is 6.92 Å². The maximum atomic E-state index is 4.62. The first-order valence-electron chi connectivity index (χ1n) is 2.64. The minimum atomic E-state index is 1.04. The minimum Gasteiger partial charge on any atom is -0.0935 e. The molecule has 0 saturated carbocycles. The average Bonchev–Trinajstić information content (AvgIpc) is 1.69. The zero-order valence-corrected chi connectivity index (χ0v) is 5.34. The summed E-state index contributed by atoms with van der Waals surface area (Å²) in [5, 5.41) is 1.79. The van der Waals surface area contributed by atoms with Gasteiger partial charge in [0.05, 0.1) is 0 Å². The number of thiocarbonyl (C=S) groups is 1. The van der Waals surface area contributed by atoms with E-state index in [1.165, 1.54) is 12.8 Å². The fourth-order valence-electron chi connectivity index (χ4n) is 0.404. The van der Waals surface area contributed by atoms with Gasteiger partial charge in [0.1, 0.15) is 0 Å². The van der Waals surface area contributed by atoms with Crippen LogP contribution in [0.5, 0.6) is 0 Å². The Kier molecular flexibility index (Phi) is 6.17. The van der Waals surface area contributed by atoms with Gasteiger partial charge in [0.25, 0.3) is 0 Å². The number of hydrogen-bond donors (Lipinski definition) is 0. The molecule has 0 aliphatic carbocycles. The highest BCUT2D eigenvalue weighted by Crippen LogP contribution is 1.94. The van der Waals surface area contributed by atoms with Gasteiger partial charge in [-0.3, -0.25) is 0 Å². The predicted molar refractivity (Wildman–Crippen MR) is 37.5 cm³/mol. The fraction of sp³-hybridized carbons (Fsp3) is 0.667. The lowest BCUT2D eigenvalue weighted by atomic mass is 10.2. The second-order valence-electron chi connectivity index (χ2n) is 1.52. The van der Waals surface area contributed by atoms with Crippen LogP contribution in [0.1, 0.15) is 25.7 Å². The minimum absolute atomic E-state index is 1.04. The fourth-order valence-corrected chi connectivity index (χ4v) is 0.571. The summed E-state index contributed by atoms with van der Waals surface area (Å²) in [7, 11) is 0. The lowest BCUT2D eigenvalue weighted by Crippen LogP contribution is -1.72. The van der Waals surface area contributed by atoms with Crippen LogP contribution < -0.4 is 0 Å². The molecule has 0 fully saturated rings. The van der Waals surface area contributed by atoms with Crippen molar-refractivity contribution < 1.29 is 0 Å². The molecule has 0 nitrogen and oxygen atoms in total. The third-order valence-corrected chi connectivity index (χ3v) is 1.06. The first-order chi connectivity index (χ1) is 3.41. The Morgan fingerprint density at radius 1 is 1.43 bits per heavy atom. The second-order valence-corrected chi connectivity index (χ2v) is 1.85. The van der Waals surface area contributed by atoms with Crippen LogP contribution in [-0.4, -0.2) is 5.37 Å². The maximum Gasteiger partial charge on any atom is -0.0210 e. The van der Waals surface area contributed by atoms with Crippen molar-refractivity contribution >= 4 is 17.6 Å². The number of rotatable bonds is 4. The number of unbranched alkanes of at least 4 members (excludes halogenated alkanes) is 3. The van der Waals surface area contributed by atoms with E-state index in [1.807, 2.05) is 0 Å². The van der Waals surface area contributed by atoms with Gasteiger partial charge in [-0.25, -0.2) is 0 Å². The molecule has 7 heavy (non-hydrogen) atoms. The number of hydrogen-bond acceptors (Lipinski definition) is 1. The van der Waals surface area contributed by atoms with E-state index in [9.17, 15) is 0 Å². The molecule has 1 radical (unpaired) electrons. The van der Waals surface area contributed by atoms with Crippen molar-refractivity contribution in [2.24, 2.45) is 0 Å². The van der Waals surface area contributed by atoms with Gasteiger partial charge in [-0.2, -0.15) is 0 Å². The molecule has 41 valence electrons. The zero-order chi connectivity index (χ0) is 5.54. The SMILES string of the molecule is [CH2]CCCCC=S. The first kappa shape index (κ1) is 7.09. The predicted octanol–water partition coefficient (Wildman–Crippen LogP) is 2.38. The Morgan fingerprint density at radius 2 is 2.14 bits per heavy atom. The van der Waals surface area contributed by atoms with E-state index >= 15 is 0 Å². The summed E-state index contributed by atoms with van der Waals surface area (Å²) in [6.45, 7) is 3.71. The molecule has 0 aliphatic heterocycles. The topological polar surface area (TPSA) is 0 Å². The summed E-state index contributed by atoms with van der Waals surface area (Å²) in [6.07, 6.45) is 4.55. The molecule has 0 aromatic heterocycles. The third-order valence-electron chi connectivity index (χ3n) is 0.822. The van der Waals surface area contributed by atoms with Gasteiger partial charge >= 0.3 is 0 Å². The highest BCUT2D eigenvalue weighted by molar-refractivity contribution is 7.78. The monoisotopic (exact) mass is 115 g/mol. The quantitative estimate of drug-likeness (QED) is 0.400. The van der Waals surface area contributed by atoms with Crippen molar-refractivity contribution in [3.05, 3.63) is 6.92 Å². The molecule has 1 heteroatoms. The molecule has 0 bridgehead atoms. The molecule has 0 aromatic carbocycles.